The average Bonchev–Trinajstić information content (AvgIpc) is 3.28. The minimum absolute atomic E-state index is 0.0135. The van der Waals surface area contributed by atoms with Gasteiger partial charge in [-0.2, -0.15) is 0 Å². The van der Waals surface area contributed by atoms with Crippen molar-refractivity contribution in [2.75, 3.05) is 6.16 Å². The van der Waals surface area contributed by atoms with Crippen LogP contribution in [0.15, 0.2) is 47.5 Å². The third-order valence-corrected chi connectivity index (χ3v) is 13.1. The van der Waals surface area contributed by atoms with Crippen molar-refractivity contribution in [3.63, 3.8) is 0 Å². The van der Waals surface area contributed by atoms with Gasteiger partial charge in [-0.25, -0.2) is 0 Å². The van der Waals surface area contributed by atoms with E-state index in [1.165, 1.54) is 86.9 Å². The van der Waals surface area contributed by atoms with Gasteiger partial charge in [0.1, 0.15) is 5.75 Å². The van der Waals surface area contributed by atoms with Crippen molar-refractivity contribution in [3.8, 4) is 5.75 Å². The van der Waals surface area contributed by atoms with Gasteiger partial charge in [0.2, 0.25) is 0 Å². The number of hydrogen-bond acceptors (Lipinski definition) is 2. The van der Waals surface area contributed by atoms with Crippen LogP contribution < -0.4 is 0 Å². The molecule has 0 spiro atoms. The van der Waals surface area contributed by atoms with E-state index in [9.17, 15) is 5.11 Å². The molecule has 2 aromatic carbocycles. The Kier molecular flexibility index (Phi) is 8.37. The lowest BCUT2D eigenvalue weighted by Gasteiger charge is -2.44. The van der Waals surface area contributed by atoms with Crippen molar-refractivity contribution in [2.45, 2.75) is 134 Å². The number of para-hydroxylation sites is 1. The molecular formula is C36H52NOP. The Bertz CT molecular complexity index is 1160. The van der Waals surface area contributed by atoms with Crippen LogP contribution in [0.25, 0.3) is 0 Å². The smallest absolute Gasteiger partial charge is 0.123 e. The van der Waals surface area contributed by atoms with Gasteiger partial charge < -0.3 is 5.11 Å². The van der Waals surface area contributed by atoms with Crippen LogP contribution in [0, 0.1) is 5.92 Å². The van der Waals surface area contributed by atoms with E-state index in [0.29, 0.717) is 11.7 Å². The first-order chi connectivity index (χ1) is 18.5. The largest absolute Gasteiger partial charge is 0.507 e. The lowest BCUT2D eigenvalue weighted by Crippen LogP contribution is -2.41. The standard InChI is InChI=1S/C36H52NOP/c1-34(2,3)27-24-30(35(4,5)6)32(38)31(25-27)36(26-16-10-7-11-17-26)22-23-39(29-20-14-9-15-21-29)33(36)37-28-18-12-8-13-19-28/h8,12-13,18-19,24-26,29,38H,7,9-11,14-17,20-23H2,1-6H3. The fraction of sp³-hybridized carbons (Fsp3) is 0.639. The first-order valence-corrected chi connectivity index (χ1v) is 17.4. The van der Waals surface area contributed by atoms with Gasteiger partial charge in [0.15, 0.2) is 0 Å². The second-order valence-corrected chi connectivity index (χ2v) is 17.3. The van der Waals surface area contributed by atoms with Gasteiger partial charge in [0, 0.05) is 11.0 Å². The normalized spacial score (nSPS) is 26.8. The maximum absolute atomic E-state index is 12.3. The van der Waals surface area contributed by atoms with Crippen molar-refractivity contribution in [3.05, 3.63) is 59.2 Å². The van der Waals surface area contributed by atoms with E-state index in [-0.39, 0.29) is 24.2 Å². The van der Waals surface area contributed by atoms with Crippen molar-refractivity contribution in [2.24, 2.45) is 10.9 Å². The third kappa shape index (κ3) is 5.75. The molecule has 0 amide bonds. The second kappa shape index (κ2) is 11.3. The summed E-state index contributed by atoms with van der Waals surface area (Å²) in [6.45, 7) is 13.7. The van der Waals surface area contributed by atoms with Crippen LogP contribution in [0.5, 0.6) is 5.75 Å². The summed E-state index contributed by atoms with van der Waals surface area (Å²) in [5.41, 5.74) is 6.75. The number of phenolic OH excluding ortho intramolecular Hbond substituents is 1. The monoisotopic (exact) mass is 545 g/mol. The van der Waals surface area contributed by atoms with E-state index in [0.717, 1.165) is 23.3 Å². The predicted octanol–water partition coefficient (Wildman–Crippen LogP) is 10.8. The topological polar surface area (TPSA) is 32.6 Å². The molecule has 0 aromatic heterocycles. The summed E-state index contributed by atoms with van der Waals surface area (Å²) in [5.74, 6) is 1.11. The molecule has 2 unspecified atom stereocenters. The van der Waals surface area contributed by atoms with Crippen molar-refractivity contribution in [1.82, 2.24) is 0 Å². The Balaban J connectivity index is 1.79. The zero-order chi connectivity index (χ0) is 27.8. The van der Waals surface area contributed by atoms with Gasteiger partial charge in [-0.05, 0) is 83.9 Å². The highest BCUT2D eigenvalue weighted by Gasteiger charge is 2.54. The molecule has 0 radical (unpaired) electrons. The Labute approximate surface area is 239 Å². The molecule has 212 valence electrons. The molecular weight excluding hydrogens is 493 g/mol. The van der Waals surface area contributed by atoms with Crippen LogP contribution in [0.2, 0.25) is 0 Å². The van der Waals surface area contributed by atoms with Gasteiger partial charge in [-0.1, -0.05) is 118 Å². The van der Waals surface area contributed by atoms with E-state index >= 15 is 0 Å². The molecule has 3 aliphatic rings. The molecule has 1 heterocycles. The van der Waals surface area contributed by atoms with Gasteiger partial charge in [0.05, 0.1) is 11.1 Å². The second-order valence-electron chi connectivity index (χ2n) is 14.7. The molecule has 0 bridgehead atoms. The highest BCUT2D eigenvalue weighted by Crippen LogP contribution is 2.66. The van der Waals surface area contributed by atoms with Crippen molar-refractivity contribution >= 4 is 19.1 Å². The van der Waals surface area contributed by atoms with Crippen LogP contribution >= 0.6 is 7.92 Å². The number of nitrogens with zero attached hydrogens (tertiary/aromatic N) is 1. The van der Waals surface area contributed by atoms with E-state index in [1.807, 2.05) is 0 Å². The summed E-state index contributed by atoms with van der Waals surface area (Å²) < 4.78 is 0. The van der Waals surface area contributed by atoms with Crippen LogP contribution in [0.4, 0.5) is 5.69 Å². The molecule has 2 aliphatic carbocycles. The van der Waals surface area contributed by atoms with Gasteiger partial charge in [-0.15, -0.1) is 0 Å². The minimum Gasteiger partial charge on any atom is -0.507 e. The van der Waals surface area contributed by atoms with Crippen molar-refractivity contribution in [1.29, 1.82) is 0 Å². The fourth-order valence-corrected chi connectivity index (χ4v) is 11.4. The summed E-state index contributed by atoms with van der Waals surface area (Å²) in [7, 11) is -0.336. The summed E-state index contributed by atoms with van der Waals surface area (Å²) in [6, 6.07) is 15.5. The molecule has 1 aliphatic heterocycles. The molecule has 1 N–H and O–H groups in total. The summed E-state index contributed by atoms with van der Waals surface area (Å²) in [6.07, 6.45) is 15.7. The van der Waals surface area contributed by atoms with Crippen LogP contribution in [-0.2, 0) is 16.2 Å². The first-order valence-electron chi connectivity index (χ1n) is 15.8. The summed E-state index contributed by atoms with van der Waals surface area (Å²) in [4.78, 5) is 5.68. The molecule has 1 saturated heterocycles. The Morgan fingerprint density at radius 1 is 0.795 bits per heavy atom. The zero-order valence-corrected chi connectivity index (χ0v) is 26.4. The number of benzene rings is 2. The highest BCUT2D eigenvalue weighted by atomic mass is 31.1. The Morgan fingerprint density at radius 3 is 2.00 bits per heavy atom. The maximum Gasteiger partial charge on any atom is 0.123 e. The Hall–Kier alpha value is -1.66. The quantitative estimate of drug-likeness (QED) is 0.381. The highest BCUT2D eigenvalue weighted by molar-refractivity contribution is 7.76. The first kappa shape index (κ1) is 28.9. The van der Waals surface area contributed by atoms with Gasteiger partial charge in [0.25, 0.3) is 0 Å². The minimum atomic E-state index is -0.336. The molecule has 2 atom stereocenters. The zero-order valence-electron chi connectivity index (χ0n) is 25.5. The lowest BCUT2D eigenvalue weighted by molar-refractivity contribution is 0.256. The number of phenols is 1. The molecule has 2 saturated carbocycles. The number of aromatic hydroxyl groups is 1. The molecule has 2 nitrogen and oxygen atoms in total. The van der Waals surface area contributed by atoms with E-state index in [2.05, 4.69) is 84.0 Å². The number of hydrogen-bond donors (Lipinski definition) is 1. The van der Waals surface area contributed by atoms with Crippen LogP contribution in [-0.4, -0.2) is 22.4 Å². The summed E-state index contributed by atoms with van der Waals surface area (Å²) in [5, 5.41) is 12.3. The van der Waals surface area contributed by atoms with Crippen LogP contribution in [0.1, 0.15) is 129 Å². The van der Waals surface area contributed by atoms with E-state index in [4.69, 9.17) is 4.99 Å². The molecule has 5 rings (SSSR count). The third-order valence-electron chi connectivity index (χ3n) is 9.99. The number of rotatable bonds is 4. The van der Waals surface area contributed by atoms with E-state index < -0.39 is 0 Å². The van der Waals surface area contributed by atoms with Crippen LogP contribution in [0.3, 0.4) is 0 Å². The van der Waals surface area contributed by atoms with Gasteiger partial charge in [-0.3, -0.25) is 4.99 Å². The Morgan fingerprint density at radius 2 is 1.41 bits per heavy atom. The SMILES string of the molecule is CC(C)(C)c1cc(C(C)(C)C)c(O)c(C2(C3CCCCC3)CCP(C3CCCCC3)C2=Nc2ccccc2)c1. The average molecular weight is 546 g/mol. The maximum atomic E-state index is 12.3. The lowest BCUT2D eigenvalue weighted by atomic mass is 9.62. The summed E-state index contributed by atoms with van der Waals surface area (Å²) >= 11 is 0. The van der Waals surface area contributed by atoms with Crippen molar-refractivity contribution < 1.29 is 5.11 Å². The molecule has 3 fully saturated rings. The van der Waals surface area contributed by atoms with E-state index in [1.54, 1.807) is 0 Å². The molecule has 39 heavy (non-hydrogen) atoms. The fourth-order valence-electron chi connectivity index (χ4n) is 7.74. The predicted molar refractivity (Wildman–Crippen MR) is 171 cm³/mol. The molecule has 2 aromatic rings. The molecule has 3 heteroatoms. The van der Waals surface area contributed by atoms with Gasteiger partial charge >= 0.3 is 0 Å². The number of aliphatic imine (C=N–C) groups is 1.